The van der Waals surface area contributed by atoms with E-state index in [2.05, 4.69) is 10.6 Å². The second kappa shape index (κ2) is 11.0. The molecule has 0 aliphatic carbocycles. The Labute approximate surface area is 210 Å². The highest BCUT2D eigenvalue weighted by molar-refractivity contribution is 6.24. The molecule has 1 aliphatic rings. The van der Waals surface area contributed by atoms with Crippen LogP contribution in [0.25, 0.3) is 0 Å². The van der Waals surface area contributed by atoms with Gasteiger partial charge in [0, 0.05) is 37.5 Å². The van der Waals surface area contributed by atoms with Crippen molar-refractivity contribution in [2.24, 2.45) is 4.99 Å². The van der Waals surface area contributed by atoms with Crippen LogP contribution in [-0.2, 0) is 9.59 Å². The Kier molecular flexibility index (Phi) is 7.65. The van der Waals surface area contributed by atoms with Crippen LogP contribution in [0.2, 0.25) is 0 Å². The van der Waals surface area contributed by atoms with Gasteiger partial charge in [0.25, 0.3) is 0 Å². The van der Waals surface area contributed by atoms with Gasteiger partial charge in [-0.05, 0) is 48.5 Å². The van der Waals surface area contributed by atoms with Crippen molar-refractivity contribution in [1.82, 2.24) is 5.32 Å². The number of carbonyl (C=O) groups excluding carboxylic acids is 2. The molecule has 0 saturated heterocycles. The van der Waals surface area contributed by atoms with Gasteiger partial charge in [0.2, 0.25) is 11.8 Å². The van der Waals surface area contributed by atoms with Crippen LogP contribution in [0.5, 0.6) is 11.5 Å². The zero-order valence-corrected chi connectivity index (χ0v) is 20.9. The summed E-state index contributed by atoms with van der Waals surface area (Å²) in [5, 5.41) is 6.03. The lowest BCUT2D eigenvalue weighted by molar-refractivity contribution is -0.117. The average Bonchev–Trinajstić information content (AvgIpc) is 3.21. The number of anilines is 2. The van der Waals surface area contributed by atoms with Gasteiger partial charge in [-0.3, -0.25) is 14.6 Å². The molecule has 8 heteroatoms. The summed E-state index contributed by atoms with van der Waals surface area (Å²) < 4.78 is 10.9. The van der Waals surface area contributed by atoms with Gasteiger partial charge in [0.05, 0.1) is 25.6 Å². The van der Waals surface area contributed by atoms with E-state index in [0.717, 1.165) is 16.8 Å². The molecule has 1 heterocycles. The number of hydrogen-bond acceptors (Lipinski definition) is 6. The van der Waals surface area contributed by atoms with Gasteiger partial charge in [0.1, 0.15) is 5.92 Å². The van der Waals surface area contributed by atoms with Crippen LogP contribution >= 0.6 is 0 Å². The van der Waals surface area contributed by atoms with E-state index >= 15 is 0 Å². The maximum Gasteiger partial charge on any atom is 0.238 e. The maximum absolute atomic E-state index is 13.2. The molecule has 186 valence electrons. The predicted octanol–water partition coefficient (Wildman–Crippen LogP) is 4.13. The van der Waals surface area contributed by atoms with Crippen molar-refractivity contribution in [3.05, 3.63) is 77.9 Å². The van der Waals surface area contributed by atoms with Gasteiger partial charge in [-0.15, -0.1) is 0 Å². The number of rotatable bonds is 9. The number of amides is 2. The number of ether oxygens (including phenoxy) is 2. The Bertz CT molecular complexity index is 1270. The van der Waals surface area contributed by atoms with E-state index in [0.29, 0.717) is 41.7 Å². The maximum atomic E-state index is 13.2. The molecule has 0 spiro atoms. The summed E-state index contributed by atoms with van der Waals surface area (Å²) in [5.74, 6) is 0.246. The van der Waals surface area contributed by atoms with E-state index in [1.54, 1.807) is 32.1 Å². The van der Waals surface area contributed by atoms with Gasteiger partial charge in [0.15, 0.2) is 11.5 Å². The van der Waals surface area contributed by atoms with Gasteiger partial charge in [-0.25, -0.2) is 0 Å². The van der Waals surface area contributed by atoms with Gasteiger partial charge >= 0.3 is 0 Å². The molecule has 8 nitrogen and oxygen atoms in total. The average molecular weight is 487 g/mol. The lowest BCUT2D eigenvalue weighted by Crippen LogP contribution is -2.34. The second-order valence-electron chi connectivity index (χ2n) is 8.37. The van der Waals surface area contributed by atoms with Crippen molar-refractivity contribution in [2.75, 3.05) is 44.6 Å². The Morgan fingerprint density at radius 1 is 1.03 bits per heavy atom. The Morgan fingerprint density at radius 3 is 2.31 bits per heavy atom. The zero-order chi connectivity index (χ0) is 25.7. The third-order valence-electron chi connectivity index (χ3n) is 6.11. The largest absolute Gasteiger partial charge is 0.493 e. The zero-order valence-electron chi connectivity index (χ0n) is 20.9. The monoisotopic (exact) mass is 486 g/mol. The molecule has 1 unspecified atom stereocenters. The lowest BCUT2D eigenvalue weighted by atomic mass is 9.90. The van der Waals surface area contributed by atoms with Gasteiger partial charge in [-0.1, -0.05) is 30.3 Å². The minimum atomic E-state index is -0.633. The van der Waals surface area contributed by atoms with Crippen molar-refractivity contribution in [2.45, 2.75) is 12.8 Å². The van der Waals surface area contributed by atoms with E-state index in [1.807, 2.05) is 67.7 Å². The van der Waals surface area contributed by atoms with Gasteiger partial charge in [-0.2, -0.15) is 0 Å². The topological polar surface area (TPSA) is 92.3 Å². The summed E-state index contributed by atoms with van der Waals surface area (Å²) in [6.07, 6.45) is 0. The fourth-order valence-corrected chi connectivity index (χ4v) is 4.30. The van der Waals surface area contributed by atoms with E-state index in [1.165, 1.54) is 0 Å². The molecule has 3 aromatic rings. The number of nitrogens with zero attached hydrogens (tertiary/aromatic N) is 2. The van der Waals surface area contributed by atoms with Crippen molar-refractivity contribution < 1.29 is 19.1 Å². The number of benzene rings is 3. The summed E-state index contributed by atoms with van der Waals surface area (Å²) in [6, 6.07) is 20.7. The minimum Gasteiger partial charge on any atom is -0.493 e. The number of likely N-dealkylation sites (N-methyl/N-ethyl adjacent to an activating group) is 1. The number of fused-ring (bicyclic) bond motifs is 1. The van der Waals surface area contributed by atoms with Crippen LogP contribution in [0, 0.1) is 0 Å². The summed E-state index contributed by atoms with van der Waals surface area (Å²) in [5.41, 5.74) is 4.36. The van der Waals surface area contributed by atoms with E-state index in [4.69, 9.17) is 14.5 Å². The van der Waals surface area contributed by atoms with Crippen LogP contribution in [0.3, 0.4) is 0 Å². The molecule has 3 aromatic carbocycles. The fourth-order valence-electron chi connectivity index (χ4n) is 4.30. The van der Waals surface area contributed by atoms with E-state index in [-0.39, 0.29) is 11.8 Å². The first-order valence-corrected chi connectivity index (χ1v) is 11.7. The highest BCUT2D eigenvalue weighted by atomic mass is 16.5. The predicted molar refractivity (Wildman–Crippen MR) is 142 cm³/mol. The van der Waals surface area contributed by atoms with Crippen LogP contribution < -0.4 is 25.0 Å². The molecular weight excluding hydrogens is 456 g/mol. The second-order valence-corrected chi connectivity index (χ2v) is 8.37. The van der Waals surface area contributed by atoms with E-state index in [9.17, 15) is 9.59 Å². The van der Waals surface area contributed by atoms with Crippen molar-refractivity contribution >= 4 is 34.6 Å². The van der Waals surface area contributed by atoms with Crippen LogP contribution in [0.4, 0.5) is 17.1 Å². The molecule has 2 amide bonds. The first-order valence-electron chi connectivity index (χ1n) is 11.7. The Morgan fingerprint density at radius 2 is 1.69 bits per heavy atom. The van der Waals surface area contributed by atoms with Crippen LogP contribution in [0.1, 0.15) is 24.0 Å². The molecule has 0 bridgehead atoms. The molecule has 4 rings (SSSR count). The molecule has 0 fully saturated rings. The molecule has 1 atom stereocenters. The Hall–Kier alpha value is -4.17. The number of hydrogen-bond donors (Lipinski definition) is 2. The third-order valence-corrected chi connectivity index (χ3v) is 6.11. The smallest absolute Gasteiger partial charge is 0.238 e. The highest BCUT2D eigenvalue weighted by Gasteiger charge is 2.36. The van der Waals surface area contributed by atoms with Crippen molar-refractivity contribution in [3.8, 4) is 11.5 Å². The molecule has 0 radical (unpaired) electrons. The molecule has 0 saturated carbocycles. The number of nitrogens with one attached hydrogen (secondary N) is 2. The molecule has 2 N–H and O–H groups in total. The minimum absolute atomic E-state index is 0.0323. The summed E-state index contributed by atoms with van der Waals surface area (Å²) in [7, 11) is 4.98. The van der Waals surface area contributed by atoms with E-state index < -0.39 is 5.92 Å². The highest BCUT2D eigenvalue weighted by Crippen LogP contribution is 2.42. The lowest BCUT2D eigenvalue weighted by Gasteiger charge is -2.21. The SMILES string of the molecule is CNCCN(C(C)=O)c1ccc(N=C(c2ccccc2)C2C(=O)Nc3cc(OC)c(OC)cc32)cc1. The molecule has 36 heavy (non-hydrogen) atoms. The number of methoxy groups -OCH3 is 2. The normalized spacial score (nSPS) is 14.7. The number of carbonyl (C=O) groups is 2. The molecule has 0 aromatic heterocycles. The summed E-state index contributed by atoms with van der Waals surface area (Å²) in [4.78, 5) is 32.0. The standard InChI is InChI=1S/C28H30N4O4/c1-18(33)32(15-14-29-2)21-12-10-20(11-13-21)30-27(19-8-6-5-7-9-19)26-22-16-24(35-3)25(36-4)17-23(22)31-28(26)34/h5-13,16-17,26,29H,14-15H2,1-4H3,(H,31,34). The molecule has 1 aliphatic heterocycles. The summed E-state index contributed by atoms with van der Waals surface area (Å²) >= 11 is 0. The quantitative estimate of drug-likeness (QED) is 0.444. The fraction of sp³-hybridized carbons (Fsp3) is 0.250. The van der Waals surface area contributed by atoms with Gasteiger partial charge < -0.3 is 25.0 Å². The van der Waals surface area contributed by atoms with Crippen LogP contribution in [-0.4, -0.2) is 51.9 Å². The van der Waals surface area contributed by atoms with Crippen molar-refractivity contribution in [3.63, 3.8) is 0 Å². The summed E-state index contributed by atoms with van der Waals surface area (Å²) in [6.45, 7) is 2.80. The number of aliphatic imine (C=N–C) groups is 1. The Balaban J connectivity index is 1.77. The van der Waals surface area contributed by atoms with Crippen LogP contribution in [0.15, 0.2) is 71.7 Å². The molecular formula is C28H30N4O4. The third kappa shape index (κ3) is 5.08. The van der Waals surface area contributed by atoms with Crippen molar-refractivity contribution in [1.29, 1.82) is 0 Å². The first-order chi connectivity index (χ1) is 17.5. The first kappa shape index (κ1) is 24.9.